The zero-order chi connectivity index (χ0) is 15.6. The maximum atomic E-state index is 12.3. The lowest BCUT2D eigenvalue weighted by molar-refractivity contribution is 0.0698. The van der Waals surface area contributed by atoms with Gasteiger partial charge in [0.25, 0.3) is 10.0 Å². The largest absolute Gasteiger partial charge is 0.478 e. The van der Waals surface area contributed by atoms with Crippen LogP contribution in [0.4, 0.5) is 17.1 Å². The van der Waals surface area contributed by atoms with Gasteiger partial charge in [-0.15, -0.1) is 0 Å². The quantitative estimate of drug-likeness (QED) is 0.629. The molecule has 0 saturated carbocycles. The molecule has 0 aromatic heterocycles. The van der Waals surface area contributed by atoms with Crippen LogP contribution in [0.2, 0.25) is 0 Å². The molecule has 0 bridgehead atoms. The normalized spacial score (nSPS) is 11.0. The van der Waals surface area contributed by atoms with Crippen molar-refractivity contribution in [3.05, 3.63) is 48.0 Å². The van der Waals surface area contributed by atoms with Gasteiger partial charge in [0.1, 0.15) is 4.90 Å². The van der Waals surface area contributed by atoms with Crippen molar-refractivity contribution in [1.29, 1.82) is 0 Å². The van der Waals surface area contributed by atoms with Crippen molar-refractivity contribution in [3.63, 3.8) is 0 Å². The third-order valence-electron chi connectivity index (χ3n) is 2.73. The van der Waals surface area contributed by atoms with E-state index in [4.69, 9.17) is 16.6 Å². The summed E-state index contributed by atoms with van der Waals surface area (Å²) in [7, 11) is -4.01. The molecule has 0 unspecified atom stereocenters. The summed E-state index contributed by atoms with van der Waals surface area (Å²) >= 11 is 0. The van der Waals surface area contributed by atoms with Gasteiger partial charge in [0, 0.05) is 5.69 Å². The van der Waals surface area contributed by atoms with Crippen molar-refractivity contribution < 1.29 is 18.3 Å². The van der Waals surface area contributed by atoms with Crippen LogP contribution >= 0.6 is 0 Å². The molecule has 0 spiro atoms. The van der Waals surface area contributed by atoms with Crippen molar-refractivity contribution in [2.45, 2.75) is 4.90 Å². The maximum absolute atomic E-state index is 12.3. The van der Waals surface area contributed by atoms with Gasteiger partial charge >= 0.3 is 5.97 Å². The first-order valence-electron chi connectivity index (χ1n) is 5.81. The van der Waals surface area contributed by atoms with Crippen LogP contribution in [-0.4, -0.2) is 19.5 Å². The first kappa shape index (κ1) is 14.7. The number of carboxylic acids is 1. The van der Waals surface area contributed by atoms with Gasteiger partial charge < -0.3 is 16.6 Å². The van der Waals surface area contributed by atoms with Crippen LogP contribution in [-0.2, 0) is 10.0 Å². The van der Waals surface area contributed by atoms with Crippen molar-refractivity contribution in [2.75, 3.05) is 16.2 Å². The molecule has 110 valence electrons. The van der Waals surface area contributed by atoms with Crippen molar-refractivity contribution in [1.82, 2.24) is 0 Å². The van der Waals surface area contributed by atoms with E-state index in [9.17, 15) is 13.2 Å². The molecular formula is C13H13N3O4S. The third kappa shape index (κ3) is 3.06. The highest BCUT2D eigenvalue weighted by Gasteiger charge is 2.20. The van der Waals surface area contributed by atoms with Gasteiger partial charge in [-0.1, -0.05) is 12.1 Å². The van der Waals surface area contributed by atoms with E-state index in [0.717, 1.165) is 0 Å². The minimum absolute atomic E-state index is 0.0609. The van der Waals surface area contributed by atoms with Gasteiger partial charge in [-0.05, 0) is 30.3 Å². The Kier molecular flexibility index (Phi) is 3.72. The highest BCUT2D eigenvalue weighted by molar-refractivity contribution is 7.92. The number of aromatic carboxylic acids is 1. The minimum atomic E-state index is -4.01. The van der Waals surface area contributed by atoms with Gasteiger partial charge in [-0.2, -0.15) is 0 Å². The number of nitrogens with one attached hydrogen (secondary N) is 1. The Balaban J connectivity index is 2.49. The highest BCUT2D eigenvalue weighted by Crippen LogP contribution is 2.25. The van der Waals surface area contributed by atoms with Crippen LogP contribution < -0.4 is 16.2 Å². The smallest absolute Gasteiger partial charge is 0.337 e. The second-order valence-electron chi connectivity index (χ2n) is 4.25. The molecule has 0 aliphatic carbocycles. The predicted octanol–water partition coefficient (Wildman–Crippen LogP) is 1.35. The van der Waals surface area contributed by atoms with E-state index in [1.807, 2.05) is 0 Å². The number of rotatable bonds is 4. The van der Waals surface area contributed by atoms with Gasteiger partial charge in [-0.3, -0.25) is 4.72 Å². The lowest BCUT2D eigenvalue weighted by atomic mass is 10.1. The number of anilines is 3. The molecule has 0 atom stereocenters. The van der Waals surface area contributed by atoms with Crippen LogP contribution in [0, 0.1) is 0 Å². The predicted molar refractivity (Wildman–Crippen MR) is 79.5 cm³/mol. The average molecular weight is 307 g/mol. The molecule has 0 radical (unpaired) electrons. The summed E-state index contributed by atoms with van der Waals surface area (Å²) in [5.74, 6) is -1.27. The molecule has 8 heteroatoms. The van der Waals surface area contributed by atoms with E-state index in [1.54, 1.807) is 6.07 Å². The number of sulfonamides is 1. The second kappa shape index (κ2) is 5.33. The summed E-state index contributed by atoms with van der Waals surface area (Å²) in [4.78, 5) is 11.0. The Hall–Kier alpha value is -2.74. The molecule has 0 aliphatic heterocycles. The SMILES string of the molecule is Nc1ccc(C(=O)O)c(NS(=O)(=O)c2ccccc2N)c1. The van der Waals surface area contributed by atoms with E-state index in [0.29, 0.717) is 0 Å². The number of carbonyl (C=O) groups is 1. The summed E-state index contributed by atoms with van der Waals surface area (Å²) in [6, 6.07) is 9.71. The first-order valence-corrected chi connectivity index (χ1v) is 7.30. The van der Waals surface area contributed by atoms with Gasteiger partial charge in [0.2, 0.25) is 0 Å². The topological polar surface area (TPSA) is 136 Å². The summed E-state index contributed by atoms with van der Waals surface area (Å²) in [6.07, 6.45) is 0. The number of hydrogen-bond donors (Lipinski definition) is 4. The van der Waals surface area contributed by atoms with Crippen LogP contribution in [0.1, 0.15) is 10.4 Å². The molecular weight excluding hydrogens is 294 g/mol. The second-order valence-corrected chi connectivity index (χ2v) is 5.90. The Morgan fingerprint density at radius 2 is 1.76 bits per heavy atom. The lowest BCUT2D eigenvalue weighted by Crippen LogP contribution is -2.17. The fourth-order valence-electron chi connectivity index (χ4n) is 1.76. The maximum Gasteiger partial charge on any atom is 0.337 e. The molecule has 0 saturated heterocycles. The van der Waals surface area contributed by atoms with Crippen LogP contribution in [0.3, 0.4) is 0 Å². The Bertz CT molecular complexity index is 803. The Labute approximate surface area is 121 Å². The lowest BCUT2D eigenvalue weighted by Gasteiger charge is -2.12. The third-order valence-corrected chi connectivity index (χ3v) is 4.17. The van der Waals surface area contributed by atoms with E-state index in [2.05, 4.69) is 4.72 Å². The molecule has 2 rings (SSSR count). The number of nitrogen functional groups attached to an aromatic ring is 2. The monoisotopic (exact) mass is 307 g/mol. The summed E-state index contributed by atoms with van der Waals surface area (Å²) < 4.78 is 26.8. The molecule has 0 amide bonds. The number of hydrogen-bond acceptors (Lipinski definition) is 5. The van der Waals surface area contributed by atoms with Crippen molar-refractivity contribution in [3.8, 4) is 0 Å². The Morgan fingerprint density at radius 1 is 1.10 bits per heavy atom. The number of nitrogens with two attached hydrogens (primary N) is 2. The van der Waals surface area contributed by atoms with Crippen molar-refractivity contribution >= 4 is 33.1 Å². The number of para-hydroxylation sites is 1. The first-order chi connectivity index (χ1) is 9.81. The fraction of sp³-hybridized carbons (Fsp3) is 0. The molecule has 6 N–H and O–H groups in total. The van der Waals surface area contributed by atoms with Crippen molar-refractivity contribution in [2.24, 2.45) is 0 Å². The van der Waals surface area contributed by atoms with Gasteiger partial charge in [0.05, 0.1) is 16.9 Å². The molecule has 0 aliphatic rings. The summed E-state index contributed by atoms with van der Waals surface area (Å²) in [5.41, 5.74) is 11.2. The standard InChI is InChI=1S/C13H13N3O4S/c14-8-5-6-9(13(17)18)11(7-8)16-21(19,20)12-4-2-1-3-10(12)15/h1-7,16H,14-15H2,(H,17,18). The summed E-state index contributed by atoms with van der Waals surface area (Å²) in [5, 5.41) is 9.08. The molecule has 0 heterocycles. The van der Waals surface area contributed by atoms with E-state index < -0.39 is 16.0 Å². The zero-order valence-corrected chi connectivity index (χ0v) is 11.6. The van der Waals surface area contributed by atoms with Gasteiger partial charge in [0.15, 0.2) is 0 Å². The minimum Gasteiger partial charge on any atom is -0.478 e. The number of carboxylic acid groups (broad SMARTS) is 1. The zero-order valence-electron chi connectivity index (χ0n) is 10.8. The van der Waals surface area contributed by atoms with Crippen LogP contribution in [0.25, 0.3) is 0 Å². The molecule has 21 heavy (non-hydrogen) atoms. The Morgan fingerprint density at radius 3 is 2.38 bits per heavy atom. The highest BCUT2D eigenvalue weighted by atomic mass is 32.2. The van der Waals surface area contributed by atoms with E-state index in [1.165, 1.54) is 36.4 Å². The van der Waals surface area contributed by atoms with E-state index >= 15 is 0 Å². The summed E-state index contributed by atoms with van der Waals surface area (Å²) in [6.45, 7) is 0. The fourth-order valence-corrected chi connectivity index (χ4v) is 2.96. The van der Waals surface area contributed by atoms with Gasteiger partial charge in [-0.25, -0.2) is 13.2 Å². The van der Waals surface area contributed by atoms with Crippen LogP contribution in [0.5, 0.6) is 0 Å². The molecule has 0 fully saturated rings. The average Bonchev–Trinajstić information content (AvgIpc) is 2.38. The van der Waals surface area contributed by atoms with E-state index in [-0.39, 0.29) is 27.5 Å². The molecule has 7 nitrogen and oxygen atoms in total. The van der Waals surface area contributed by atoms with Crippen LogP contribution in [0.15, 0.2) is 47.4 Å². The number of benzene rings is 2. The molecule has 2 aromatic rings. The molecule has 2 aromatic carbocycles.